The van der Waals surface area contributed by atoms with Crippen molar-refractivity contribution in [2.24, 2.45) is 7.05 Å². The summed E-state index contributed by atoms with van der Waals surface area (Å²) in [4.78, 5) is 16.7. The van der Waals surface area contributed by atoms with Crippen molar-refractivity contribution >= 4 is 5.91 Å². The maximum atomic E-state index is 12.4. The van der Waals surface area contributed by atoms with Crippen LogP contribution in [0.5, 0.6) is 0 Å². The number of carbonyl (C=O) groups is 1. The van der Waals surface area contributed by atoms with Gasteiger partial charge in [-0.15, -0.1) is 10.2 Å². The van der Waals surface area contributed by atoms with Crippen LogP contribution < -0.4 is 5.32 Å². The van der Waals surface area contributed by atoms with Crippen LogP contribution in [0, 0.1) is 6.92 Å². The van der Waals surface area contributed by atoms with Crippen LogP contribution in [0.3, 0.4) is 0 Å². The predicted molar refractivity (Wildman–Crippen MR) is 96.2 cm³/mol. The molecule has 0 aliphatic heterocycles. The summed E-state index contributed by atoms with van der Waals surface area (Å²) in [6.45, 7) is 4.54. The van der Waals surface area contributed by atoms with E-state index in [1.54, 1.807) is 18.7 Å². The van der Waals surface area contributed by atoms with Crippen LogP contribution in [0.15, 0.2) is 49.1 Å². The highest BCUT2D eigenvalue weighted by atomic mass is 16.1. The minimum atomic E-state index is -0.143. The highest BCUT2D eigenvalue weighted by Crippen LogP contribution is 2.20. The molecule has 25 heavy (non-hydrogen) atoms. The van der Waals surface area contributed by atoms with Gasteiger partial charge >= 0.3 is 0 Å². The second kappa shape index (κ2) is 7.25. The highest BCUT2D eigenvalue weighted by Gasteiger charge is 2.14. The van der Waals surface area contributed by atoms with E-state index in [2.05, 4.69) is 20.5 Å². The zero-order valence-electron chi connectivity index (χ0n) is 14.6. The lowest BCUT2D eigenvalue weighted by atomic mass is 10.0. The third-order valence-corrected chi connectivity index (χ3v) is 4.14. The summed E-state index contributed by atoms with van der Waals surface area (Å²) >= 11 is 0. The van der Waals surface area contributed by atoms with E-state index in [1.807, 2.05) is 55.8 Å². The molecule has 2 aromatic heterocycles. The Morgan fingerprint density at radius 1 is 1.20 bits per heavy atom. The third kappa shape index (κ3) is 3.91. The van der Waals surface area contributed by atoms with Gasteiger partial charge in [0, 0.05) is 37.5 Å². The zero-order valence-corrected chi connectivity index (χ0v) is 14.6. The molecule has 0 spiro atoms. The molecule has 2 heterocycles. The number of rotatable bonds is 5. The minimum absolute atomic E-state index is 0.0738. The van der Waals surface area contributed by atoms with Gasteiger partial charge in [-0.25, -0.2) is 0 Å². The van der Waals surface area contributed by atoms with Crippen molar-refractivity contribution in [1.82, 2.24) is 25.1 Å². The lowest BCUT2D eigenvalue weighted by Crippen LogP contribution is -2.28. The molecule has 1 amide bonds. The number of hydrogen-bond donors (Lipinski definition) is 1. The molecule has 1 atom stereocenters. The molecule has 3 rings (SSSR count). The number of hydrogen-bond acceptors (Lipinski definition) is 4. The van der Waals surface area contributed by atoms with Crippen molar-refractivity contribution < 1.29 is 4.79 Å². The van der Waals surface area contributed by atoms with Crippen LogP contribution >= 0.6 is 0 Å². The van der Waals surface area contributed by atoms with Crippen LogP contribution in [-0.4, -0.2) is 32.2 Å². The smallest absolute Gasteiger partial charge is 0.252 e. The Morgan fingerprint density at radius 3 is 2.64 bits per heavy atom. The summed E-state index contributed by atoms with van der Waals surface area (Å²) in [5.74, 6) is 0.770. The molecule has 1 aromatic carbocycles. The minimum Gasteiger partial charge on any atom is -0.351 e. The van der Waals surface area contributed by atoms with E-state index in [1.165, 1.54) is 5.56 Å². The third-order valence-electron chi connectivity index (χ3n) is 4.14. The number of nitrogens with one attached hydrogen (secondary N) is 1. The van der Waals surface area contributed by atoms with Gasteiger partial charge in [-0.1, -0.05) is 36.8 Å². The van der Waals surface area contributed by atoms with Gasteiger partial charge < -0.3 is 9.88 Å². The van der Waals surface area contributed by atoms with E-state index in [-0.39, 0.29) is 11.8 Å². The van der Waals surface area contributed by atoms with Gasteiger partial charge in [-0.2, -0.15) is 0 Å². The monoisotopic (exact) mass is 335 g/mol. The number of amides is 1. The van der Waals surface area contributed by atoms with Gasteiger partial charge in [0.25, 0.3) is 5.91 Å². The second-order valence-corrected chi connectivity index (χ2v) is 6.24. The molecule has 0 radical (unpaired) electrons. The van der Waals surface area contributed by atoms with Crippen molar-refractivity contribution in [2.75, 3.05) is 6.54 Å². The van der Waals surface area contributed by atoms with Crippen LogP contribution in [0.4, 0.5) is 0 Å². The molecule has 0 bridgehead atoms. The van der Waals surface area contributed by atoms with Gasteiger partial charge in [-0.3, -0.25) is 9.78 Å². The number of nitrogens with zero attached hydrogens (tertiary/aromatic N) is 4. The Kier molecular flexibility index (Phi) is 4.88. The van der Waals surface area contributed by atoms with Crippen molar-refractivity contribution in [3.63, 3.8) is 0 Å². The fraction of sp³-hybridized carbons (Fsp3) is 0.263. The number of pyridine rings is 1. The Balaban J connectivity index is 1.69. The SMILES string of the molecule is Cc1ccc(-c2cncc(C(=O)NCC(C)c3nncn3C)c2)cc1. The fourth-order valence-corrected chi connectivity index (χ4v) is 2.65. The summed E-state index contributed by atoms with van der Waals surface area (Å²) in [6, 6.07) is 10.0. The molecule has 0 aliphatic carbocycles. The summed E-state index contributed by atoms with van der Waals surface area (Å²) in [6.07, 6.45) is 5.01. The molecular formula is C19H21N5O. The molecular weight excluding hydrogens is 314 g/mol. The molecule has 6 heteroatoms. The summed E-state index contributed by atoms with van der Waals surface area (Å²) in [5.41, 5.74) is 3.71. The Morgan fingerprint density at radius 2 is 1.96 bits per heavy atom. The molecule has 0 saturated carbocycles. The average Bonchev–Trinajstić information content (AvgIpc) is 3.06. The number of aromatic nitrogens is 4. The van der Waals surface area contributed by atoms with E-state index >= 15 is 0 Å². The van der Waals surface area contributed by atoms with E-state index in [0.717, 1.165) is 17.0 Å². The number of benzene rings is 1. The standard InChI is InChI=1S/C19H21N5O/c1-13-4-6-15(7-5-13)16-8-17(11-20-10-16)19(25)21-9-14(2)18-23-22-12-24(18)3/h4-8,10-12,14H,9H2,1-3H3,(H,21,25). The van der Waals surface area contributed by atoms with Gasteiger partial charge in [0.2, 0.25) is 0 Å². The van der Waals surface area contributed by atoms with E-state index in [0.29, 0.717) is 12.1 Å². The molecule has 0 fully saturated rings. The number of aryl methyl sites for hydroxylation is 2. The molecule has 6 nitrogen and oxygen atoms in total. The van der Waals surface area contributed by atoms with Crippen molar-refractivity contribution in [3.05, 3.63) is 66.0 Å². The van der Waals surface area contributed by atoms with Crippen LogP contribution in [0.1, 0.15) is 34.6 Å². The summed E-state index contributed by atoms with van der Waals surface area (Å²) in [7, 11) is 1.89. The van der Waals surface area contributed by atoms with Crippen LogP contribution in [-0.2, 0) is 7.05 Å². The maximum Gasteiger partial charge on any atom is 0.252 e. The van der Waals surface area contributed by atoms with Gasteiger partial charge in [0.15, 0.2) is 0 Å². The fourth-order valence-electron chi connectivity index (χ4n) is 2.65. The van der Waals surface area contributed by atoms with Crippen LogP contribution in [0.25, 0.3) is 11.1 Å². The van der Waals surface area contributed by atoms with Gasteiger partial charge in [-0.05, 0) is 18.6 Å². The first-order valence-electron chi connectivity index (χ1n) is 8.19. The molecule has 1 unspecified atom stereocenters. The summed E-state index contributed by atoms with van der Waals surface area (Å²) in [5, 5.41) is 10.9. The molecule has 0 aliphatic rings. The first-order chi connectivity index (χ1) is 12.0. The molecule has 3 aromatic rings. The lowest BCUT2D eigenvalue weighted by molar-refractivity contribution is 0.0951. The van der Waals surface area contributed by atoms with Crippen molar-refractivity contribution in [1.29, 1.82) is 0 Å². The Hall–Kier alpha value is -3.02. The van der Waals surface area contributed by atoms with Crippen molar-refractivity contribution in [2.45, 2.75) is 19.8 Å². The average molecular weight is 335 g/mol. The van der Waals surface area contributed by atoms with Crippen LogP contribution in [0.2, 0.25) is 0 Å². The quantitative estimate of drug-likeness (QED) is 0.778. The molecule has 1 N–H and O–H groups in total. The number of carbonyl (C=O) groups excluding carboxylic acids is 1. The first kappa shape index (κ1) is 16.8. The molecule has 0 saturated heterocycles. The Labute approximate surface area is 146 Å². The topological polar surface area (TPSA) is 72.7 Å². The summed E-state index contributed by atoms with van der Waals surface area (Å²) < 4.78 is 1.86. The van der Waals surface area contributed by atoms with E-state index < -0.39 is 0 Å². The zero-order chi connectivity index (χ0) is 17.8. The first-order valence-corrected chi connectivity index (χ1v) is 8.19. The molecule has 128 valence electrons. The normalized spacial score (nSPS) is 12.0. The predicted octanol–water partition coefficient (Wildman–Crippen LogP) is 2.72. The van der Waals surface area contributed by atoms with Crippen molar-refractivity contribution in [3.8, 4) is 11.1 Å². The highest BCUT2D eigenvalue weighted by molar-refractivity contribution is 5.95. The maximum absolute atomic E-state index is 12.4. The van der Waals surface area contributed by atoms with Gasteiger partial charge in [0.1, 0.15) is 12.2 Å². The largest absolute Gasteiger partial charge is 0.351 e. The van der Waals surface area contributed by atoms with E-state index in [4.69, 9.17) is 0 Å². The van der Waals surface area contributed by atoms with E-state index in [9.17, 15) is 4.79 Å². The Bertz CT molecular complexity index is 870. The lowest BCUT2D eigenvalue weighted by Gasteiger charge is -2.12. The van der Waals surface area contributed by atoms with Gasteiger partial charge in [0.05, 0.1) is 5.56 Å². The second-order valence-electron chi connectivity index (χ2n) is 6.24.